The topological polar surface area (TPSA) is 82.1 Å². The number of aliphatic carboxylic acids is 1. The summed E-state index contributed by atoms with van der Waals surface area (Å²) in [7, 11) is 0. The van der Waals surface area contributed by atoms with E-state index in [0.717, 1.165) is 29.7 Å². The van der Waals surface area contributed by atoms with E-state index in [9.17, 15) is 9.90 Å². The number of hydrogen-bond donors (Lipinski definition) is 2. The van der Waals surface area contributed by atoms with Crippen molar-refractivity contribution in [1.82, 2.24) is 15.4 Å². The van der Waals surface area contributed by atoms with Crippen LogP contribution in [-0.4, -0.2) is 39.1 Å². The van der Waals surface area contributed by atoms with Crippen molar-refractivity contribution in [3.63, 3.8) is 0 Å². The minimum absolute atomic E-state index is 0.447. The minimum Gasteiger partial charge on any atom is -0.480 e. The lowest BCUT2D eigenvalue weighted by Gasteiger charge is -2.23. The van der Waals surface area contributed by atoms with Crippen LogP contribution in [0.2, 0.25) is 0 Å². The van der Waals surface area contributed by atoms with E-state index in [-0.39, 0.29) is 0 Å². The third kappa shape index (κ3) is 1.52. The summed E-state index contributed by atoms with van der Waals surface area (Å²) in [6, 6.07) is 5.18. The number of carbonyl (C=O) groups is 1. The Morgan fingerprint density at radius 3 is 3.18 bits per heavy atom. The predicted octanol–water partition coefficient (Wildman–Crippen LogP) is 1.01. The van der Waals surface area contributed by atoms with Crippen molar-refractivity contribution in [3.8, 4) is 0 Å². The van der Waals surface area contributed by atoms with Gasteiger partial charge in [-0.3, -0.25) is 0 Å². The van der Waals surface area contributed by atoms with Crippen molar-refractivity contribution >= 4 is 22.7 Å². The van der Waals surface area contributed by atoms with Gasteiger partial charge in [0.15, 0.2) is 0 Å². The van der Waals surface area contributed by atoms with Gasteiger partial charge in [-0.15, -0.1) is 0 Å². The van der Waals surface area contributed by atoms with Crippen molar-refractivity contribution in [3.05, 3.63) is 18.2 Å². The molecule has 1 saturated heterocycles. The van der Waals surface area contributed by atoms with Gasteiger partial charge in [-0.05, 0) is 25.0 Å². The molecule has 1 aromatic carbocycles. The number of H-pyrrole nitrogens is 1. The average Bonchev–Trinajstić information content (AvgIpc) is 2.97. The number of anilines is 1. The number of rotatable bonds is 2. The summed E-state index contributed by atoms with van der Waals surface area (Å²) in [6.45, 7) is 0.753. The second kappa shape index (κ2) is 3.73. The fourth-order valence-electron chi connectivity index (χ4n) is 2.40. The molecular formula is C11H12N4O2. The van der Waals surface area contributed by atoms with Crippen LogP contribution in [0.1, 0.15) is 12.8 Å². The molecule has 2 N–H and O–H groups in total. The van der Waals surface area contributed by atoms with E-state index in [1.54, 1.807) is 0 Å². The van der Waals surface area contributed by atoms with Crippen molar-refractivity contribution in [2.24, 2.45) is 0 Å². The molecule has 88 valence electrons. The van der Waals surface area contributed by atoms with Gasteiger partial charge in [0.2, 0.25) is 0 Å². The molecule has 1 atom stereocenters. The number of aromatic nitrogens is 3. The van der Waals surface area contributed by atoms with Crippen LogP contribution in [0.4, 0.5) is 5.69 Å². The highest BCUT2D eigenvalue weighted by Crippen LogP contribution is 2.30. The first kappa shape index (κ1) is 10.1. The Morgan fingerprint density at radius 1 is 1.47 bits per heavy atom. The zero-order valence-corrected chi connectivity index (χ0v) is 9.13. The lowest BCUT2D eigenvalue weighted by Crippen LogP contribution is -2.35. The molecule has 6 nitrogen and oxygen atoms in total. The Morgan fingerprint density at radius 2 is 2.35 bits per heavy atom. The van der Waals surface area contributed by atoms with Gasteiger partial charge < -0.3 is 10.0 Å². The number of carboxylic acids is 1. The van der Waals surface area contributed by atoms with Gasteiger partial charge in [0.05, 0.1) is 5.69 Å². The Bertz CT molecular complexity index is 565. The molecule has 0 aliphatic carbocycles. The Labute approximate surface area is 97.2 Å². The summed E-state index contributed by atoms with van der Waals surface area (Å²) in [4.78, 5) is 13.1. The molecule has 1 fully saturated rings. The molecule has 0 spiro atoms. The molecule has 1 unspecified atom stereocenters. The quantitative estimate of drug-likeness (QED) is 0.807. The fraction of sp³-hybridized carbons (Fsp3) is 0.364. The van der Waals surface area contributed by atoms with Gasteiger partial charge in [-0.2, -0.15) is 15.4 Å². The highest BCUT2D eigenvalue weighted by Gasteiger charge is 2.31. The molecule has 1 aliphatic heterocycles. The number of benzene rings is 1. The fourth-order valence-corrected chi connectivity index (χ4v) is 2.40. The standard InChI is InChI=1S/C11H12N4O2/c16-11(17)9-5-2-6-15(9)8-4-1-3-7-10(8)13-14-12-7/h1,3-4,9H,2,5-6H2,(H,16,17)(H,12,13,14). The summed E-state index contributed by atoms with van der Waals surface area (Å²) in [5.74, 6) is -0.775. The molecule has 1 aliphatic rings. The van der Waals surface area contributed by atoms with Crippen LogP contribution < -0.4 is 4.90 Å². The summed E-state index contributed by atoms with van der Waals surface area (Å²) in [5.41, 5.74) is 2.35. The third-order valence-electron chi connectivity index (χ3n) is 3.17. The largest absolute Gasteiger partial charge is 0.480 e. The van der Waals surface area contributed by atoms with Gasteiger partial charge in [-0.1, -0.05) is 6.07 Å². The lowest BCUT2D eigenvalue weighted by atomic mass is 10.2. The van der Waals surface area contributed by atoms with E-state index >= 15 is 0 Å². The van der Waals surface area contributed by atoms with Gasteiger partial charge in [0.25, 0.3) is 0 Å². The van der Waals surface area contributed by atoms with E-state index in [2.05, 4.69) is 15.4 Å². The summed E-state index contributed by atoms with van der Waals surface area (Å²) < 4.78 is 0. The molecule has 2 heterocycles. The smallest absolute Gasteiger partial charge is 0.326 e. The van der Waals surface area contributed by atoms with Crippen LogP contribution >= 0.6 is 0 Å². The predicted molar refractivity (Wildman–Crippen MR) is 61.9 cm³/mol. The van der Waals surface area contributed by atoms with Gasteiger partial charge in [0.1, 0.15) is 17.1 Å². The molecule has 0 amide bonds. The highest BCUT2D eigenvalue weighted by atomic mass is 16.4. The van der Waals surface area contributed by atoms with Crippen molar-refractivity contribution in [2.75, 3.05) is 11.4 Å². The van der Waals surface area contributed by atoms with Crippen molar-refractivity contribution < 1.29 is 9.90 Å². The lowest BCUT2D eigenvalue weighted by molar-refractivity contribution is -0.138. The monoisotopic (exact) mass is 232 g/mol. The molecule has 1 aromatic heterocycles. The Balaban J connectivity index is 2.08. The minimum atomic E-state index is -0.775. The number of nitrogens with one attached hydrogen (secondary N) is 1. The van der Waals surface area contributed by atoms with Gasteiger partial charge in [-0.25, -0.2) is 4.79 Å². The second-order valence-electron chi connectivity index (χ2n) is 4.16. The van der Waals surface area contributed by atoms with Crippen LogP contribution in [0.25, 0.3) is 11.0 Å². The Hall–Kier alpha value is -2.11. The molecule has 0 radical (unpaired) electrons. The number of carboxylic acid groups (broad SMARTS) is 1. The Kier molecular flexibility index (Phi) is 2.21. The third-order valence-corrected chi connectivity index (χ3v) is 3.17. The molecule has 0 saturated carbocycles. The second-order valence-corrected chi connectivity index (χ2v) is 4.16. The van der Waals surface area contributed by atoms with E-state index in [4.69, 9.17) is 0 Å². The molecule has 2 aromatic rings. The number of fused-ring (bicyclic) bond motifs is 1. The zero-order valence-electron chi connectivity index (χ0n) is 9.13. The normalized spacial score (nSPS) is 20.0. The molecule has 0 bridgehead atoms. The SMILES string of the molecule is O=C(O)C1CCCN1c1cccc2n[nH]nc12. The van der Waals surface area contributed by atoms with E-state index < -0.39 is 12.0 Å². The van der Waals surface area contributed by atoms with Gasteiger partial charge in [0, 0.05) is 6.54 Å². The molecule has 6 heteroatoms. The highest BCUT2D eigenvalue weighted by molar-refractivity contribution is 5.90. The zero-order chi connectivity index (χ0) is 11.8. The number of nitrogens with zero attached hydrogens (tertiary/aromatic N) is 3. The molecular weight excluding hydrogens is 220 g/mol. The van der Waals surface area contributed by atoms with Crippen molar-refractivity contribution in [2.45, 2.75) is 18.9 Å². The van der Waals surface area contributed by atoms with Crippen LogP contribution in [0.3, 0.4) is 0 Å². The van der Waals surface area contributed by atoms with E-state index in [1.165, 1.54) is 0 Å². The van der Waals surface area contributed by atoms with Gasteiger partial charge >= 0.3 is 5.97 Å². The van der Waals surface area contributed by atoms with Crippen LogP contribution in [0, 0.1) is 0 Å². The molecule has 17 heavy (non-hydrogen) atoms. The number of aromatic amines is 1. The van der Waals surface area contributed by atoms with Crippen molar-refractivity contribution in [1.29, 1.82) is 0 Å². The maximum absolute atomic E-state index is 11.2. The average molecular weight is 232 g/mol. The van der Waals surface area contributed by atoms with E-state index in [0.29, 0.717) is 6.42 Å². The van der Waals surface area contributed by atoms with Crippen LogP contribution in [0.15, 0.2) is 18.2 Å². The first-order valence-corrected chi connectivity index (χ1v) is 5.56. The van der Waals surface area contributed by atoms with Crippen LogP contribution in [0.5, 0.6) is 0 Å². The maximum atomic E-state index is 11.2. The first-order chi connectivity index (χ1) is 8.27. The number of hydrogen-bond acceptors (Lipinski definition) is 4. The molecule has 3 rings (SSSR count). The summed E-state index contributed by atoms with van der Waals surface area (Å²) in [6.07, 6.45) is 1.58. The first-order valence-electron chi connectivity index (χ1n) is 5.56. The van der Waals surface area contributed by atoms with Crippen LogP contribution in [-0.2, 0) is 4.79 Å². The van der Waals surface area contributed by atoms with E-state index in [1.807, 2.05) is 23.1 Å². The maximum Gasteiger partial charge on any atom is 0.326 e. The summed E-state index contributed by atoms with van der Waals surface area (Å²) in [5, 5.41) is 19.9. The number of para-hydroxylation sites is 1. The summed E-state index contributed by atoms with van der Waals surface area (Å²) >= 11 is 0.